The Kier molecular flexibility index (Phi) is 3.93. The number of hydrogen-bond acceptors (Lipinski definition) is 3. The first kappa shape index (κ1) is 11.6. The molecule has 0 aromatic heterocycles. The Morgan fingerprint density at radius 1 is 1.31 bits per heavy atom. The number of aliphatic hydroxyl groups is 1. The van der Waals surface area contributed by atoms with Crippen LogP contribution >= 0.6 is 0 Å². The molecular formula is C13H20N2O. The molecule has 1 aromatic carbocycles. The van der Waals surface area contributed by atoms with Crippen molar-refractivity contribution in [2.45, 2.75) is 19.0 Å². The number of likely N-dealkylation sites (tertiary alicyclic amines) is 1. The van der Waals surface area contributed by atoms with Crippen molar-refractivity contribution in [2.24, 2.45) is 11.7 Å². The minimum atomic E-state index is 0.113. The summed E-state index contributed by atoms with van der Waals surface area (Å²) in [5, 5.41) is 9.14. The third-order valence-corrected chi connectivity index (χ3v) is 3.37. The summed E-state index contributed by atoms with van der Waals surface area (Å²) in [5.41, 5.74) is 7.36. The Morgan fingerprint density at radius 3 is 2.69 bits per heavy atom. The molecule has 0 aliphatic carbocycles. The van der Waals surface area contributed by atoms with Crippen molar-refractivity contribution < 1.29 is 5.11 Å². The van der Waals surface area contributed by atoms with Gasteiger partial charge in [-0.2, -0.15) is 0 Å². The third kappa shape index (κ3) is 2.82. The van der Waals surface area contributed by atoms with Gasteiger partial charge in [-0.05, 0) is 24.4 Å². The van der Waals surface area contributed by atoms with E-state index in [-0.39, 0.29) is 18.6 Å². The summed E-state index contributed by atoms with van der Waals surface area (Å²) < 4.78 is 0. The van der Waals surface area contributed by atoms with E-state index < -0.39 is 0 Å². The van der Waals surface area contributed by atoms with Crippen molar-refractivity contribution in [1.82, 2.24) is 4.90 Å². The molecular weight excluding hydrogens is 200 g/mol. The molecule has 0 radical (unpaired) electrons. The normalized spacial score (nSPS) is 26.9. The molecule has 1 aliphatic heterocycles. The molecule has 1 aromatic rings. The van der Waals surface area contributed by atoms with Gasteiger partial charge in [0.1, 0.15) is 0 Å². The fourth-order valence-corrected chi connectivity index (χ4v) is 2.31. The number of aliphatic hydroxyl groups excluding tert-OH is 1. The van der Waals surface area contributed by atoms with Crippen LogP contribution < -0.4 is 5.73 Å². The molecule has 2 atom stereocenters. The lowest BCUT2D eigenvalue weighted by molar-refractivity contribution is 0.107. The number of rotatable bonds is 3. The Labute approximate surface area is 96.9 Å². The highest BCUT2D eigenvalue weighted by Crippen LogP contribution is 2.17. The summed E-state index contributed by atoms with van der Waals surface area (Å²) in [7, 11) is 0. The molecule has 0 amide bonds. The molecule has 2 rings (SSSR count). The second-order valence-corrected chi connectivity index (χ2v) is 4.62. The van der Waals surface area contributed by atoms with Gasteiger partial charge in [0.2, 0.25) is 0 Å². The number of nitrogens with zero attached hydrogens (tertiary/aromatic N) is 1. The van der Waals surface area contributed by atoms with E-state index in [1.54, 1.807) is 0 Å². The van der Waals surface area contributed by atoms with E-state index in [4.69, 9.17) is 10.8 Å². The Balaban J connectivity index is 1.89. The molecule has 0 bridgehead atoms. The van der Waals surface area contributed by atoms with Crippen LogP contribution in [0.5, 0.6) is 0 Å². The van der Waals surface area contributed by atoms with E-state index in [0.717, 1.165) is 26.1 Å². The van der Waals surface area contributed by atoms with Gasteiger partial charge in [0, 0.05) is 25.7 Å². The first-order chi connectivity index (χ1) is 7.79. The molecule has 3 nitrogen and oxygen atoms in total. The van der Waals surface area contributed by atoms with Crippen LogP contribution in [0.25, 0.3) is 0 Å². The van der Waals surface area contributed by atoms with Crippen molar-refractivity contribution in [3.63, 3.8) is 0 Å². The zero-order chi connectivity index (χ0) is 11.4. The Bertz CT molecular complexity index is 315. The summed E-state index contributed by atoms with van der Waals surface area (Å²) >= 11 is 0. The van der Waals surface area contributed by atoms with E-state index in [1.807, 2.05) is 6.07 Å². The van der Waals surface area contributed by atoms with Crippen LogP contribution in [0.2, 0.25) is 0 Å². The Morgan fingerprint density at radius 2 is 2.06 bits per heavy atom. The fraction of sp³-hybridized carbons (Fsp3) is 0.538. The SMILES string of the molecule is N[C@@H]1CN(Cc2ccccc2)CC[C@H]1CO. The highest BCUT2D eigenvalue weighted by Gasteiger charge is 2.25. The minimum absolute atomic E-state index is 0.113. The summed E-state index contributed by atoms with van der Waals surface area (Å²) in [6.45, 7) is 3.11. The van der Waals surface area contributed by atoms with Crippen LogP contribution in [0.4, 0.5) is 0 Å². The van der Waals surface area contributed by atoms with Gasteiger partial charge in [0.05, 0.1) is 0 Å². The topological polar surface area (TPSA) is 49.5 Å². The molecule has 3 heteroatoms. The lowest BCUT2D eigenvalue weighted by Crippen LogP contribution is -2.49. The lowest BCUT2D eigenvalue weighted by Gasteiger charge is -2.35. The van der Waals surface area contributed by atoms with E-state index in [0.29, 0.717) is 0 Å². The van der Waals surface area contributed by atoms with Crippen molar-refractivity contribution in [1.29, 1.82) is 0 Å². The number of nitrogens with two attached hydrogens (primary N) is 1. The highest BCUT2D eigenvalue weighted by molar-refractivity contribution is 5.14. The van der Waals surface area contributed by atoms with Crippen molar-refractivity contribution in [3.8, 4) is 0 Å². The average molecular weight is 220 g/mol. The average Bonchev–Trinajstić information content (AvgIpc) is 2.31. The summed E-state index contributed by atoms with van der Waals surface area (Å²) in [4.78, 5) is 2.37. The molecule has 0 unspecified atom stereocenters. The largest absolute Gasteiger partial charge is 0.396 e. The molecule has 3 N–H and O–H groups in total. The van der Waals surface area contributed by atoms with Crippen LogP contribution in [-0.2, 0) is 6.54 Å². The number of piperidine rings is 1. The molecule has 1 aliphatic rings. The zero-order valence-corrected chi connectivity index (χ0v) is 9.55. The lowest BCUT2D eigenvalue weighted by atomic mass is 9.93. The van der Waals surface area contributed by atoms with Crippen LogP contribution in [0, 0.1) is 5.92 Å². The van der Waals surface area contributed by atoms with Gasteiger partial charge in [0.25, 0.3) is 0 Å². The van der Waals surface area contributed by atoms with Gasteiger partial charge in [-0.25, -0.2) is 0 Å². The third-order valence-electron chi connectivity index (χ3n) is 3.37. The minimum Gasteiger partial charge on any atom is -0.396 e. The number of hydrogen-bond donors (Lipinski definition) is 2. The predicted molar refractivity (Wildman–Crippen MR) is 64.9 cm³/mol. The van der Waals surface area contributed by atoms with Gasteiger partial charge < -0.3 is 10.8 Å². The number of benzene rings is 1. The van der Waals surface area contributed by atoms with Gasteiger partial charge in [0.15, 0.2) is 0 Å². The zero-order valence-electron chi connectivity index (χ0n) is 9.55. The van der Waals surface area contributed by atoms with Gasteiger partial charge >= 0.3 is 0 Å². The fourth-order valence-electron chi connectivity index (χ4n) is 2.31. The van der Waals surface area contributed by atoms with Gasteiger partial charge in [-0.15, -0.1) is 0 Å². The second kappa shape index (κ2) is 5.43. The summed E-state index contributed by atoms with van der Waals surface area (Å²) in [5.74, 6) is 0.284. The monoisotopic (exact) mass is 220 g/mol. The molecule has 16 heavy (non-hydrogen) atoms. The maximum atomic E-state index is 9.14. The van der Waals surface area contributed by atoms with Crippen molar-refractivity contribution in [3.05, 3.63) is 35.9 Å². The van der Waals surface area contributed by atoms with Gasteiger partial charge in [-0.3, -0.25) is 4.90 Å². The second-order valence-electron chi connectivity index (χ2n) is 4.62. The van der Waals surface area contributed by atoms with Crippen LogP contribution in [0.3, 0.4) is 0 Å². The van der Waals surface area contributed by atoms with E-state index in [1.165, 1.54) is 5.56 Å². The molecule has 0 saturated carbocycles. The molecule has 1 fully saturated rings. The van der Waals surface area contributed by atoms with Crippen LogP contribution in [0.1, 0.15) is 12.0 Å². The first-order valence-corrected chi connectivity index (χ1v) is 5.92. The van der Waals surface area contributed by atoms with Crippen LogP contribution in [0.15, 0.2) is 30.3 Å². The van der Waals surface area contributed by atoms with E-state index >= 15 is 0 Å². The van der Waals surface area contributed by atoms with E-state index in [9.17, 15) is 0 Å². The quantitative estimate of drug-likeness (QED) is 0.793. The Hall–Kier alpha value is -0.900. The predicted octanol–water partition coefficient (Wildman–Crippen LogP) is 0.828. The van der Waals surface area contributed by atoms with Crippen molar-refractivity contribution in [2.75, 3.05) is 19.7 Å². The highest BCUT2D eigenvalue weighted by atomic mass is 16.3. The van der Waals surface area contributed by atoms with Gasteiger partial charge in [-0.1, -0.05) is 30.3 Å². The summed E-state index contributed by atoms with van der Waals surface area (Å²) in [6.07, 6.45) is 1.00. The van der Waals surface area contributed by atoms with E-state index in [2.05, 4.69) is 29.2 Å². The molecule has 0 spiro atoms. The maximum Gasteiger partial charge on any atom is 0.0475 e. The first-order valence-electron chi connectivity index (χ1n) is 5.92. The molecule has 88 valence electrons. The maximum absolute atomic E-state index is 9.14. The molecule has 1 heterocycles. The van der Waals surface area contributed by atoms with Crippen LogP contribution in [-0.4, -0.2) is 35.7 Å². The van der Waals surface area contributed by atoms with Crippen molar-refractivity contribution >= 4 is 0 Å². The smallest absolute Gasteiger partial charge is 0.0475 e. The molecule has 1 saturated heterocycles. The summed E-state index contributed by atoms with van der Waals surface area (Å²) in [6, 6.07) is 10.6. The standard InChI is InChI=1S/C13H20N2O/c14-13-9-15(7-6-12(13)10-16)8-11-4-2-1-3-5-11/h1-5,12-13,16H,6-10,14H2/t12-,13+/m0/s1.